The topological polar surface area (TPSA) is 63.6 Å². The van der Waals surface area contributed by atoms with Crippen LogP contribution in [-0.4, -0.2) is 26.8 Å². The number of aromatic nitrogens is 4. The van der Waals surface area contributed by atoms with E-state index in [1.807, 2.05) is 7.05 Å². The summed E-state index contributed by atoms with van der Waals surface area (Å²) in [6.07, 6.45) is 1.00. The van der Waals surface area contributed by atoms with Crippen LogP contribution in [0.2, 0.25) is 0 Å². The second-order valence-corrected chi connectivity index (χ2v) is 6.10. The van der Waals surface area contributed by atoms with Gasteiger partial charge >= 0.3 is 0 Å². The fraction of sp³-hybridized carbons (Fsp3) is 0.636. The first-order chi connectivity index (χ1) is 8.67. The molecule has 0 fully saturated rings. The summed E-state index contributed by atoms with van der Waals surface area (Å²) in [6, 6.07) is 0.277. The molecule has 2 heterocycles. The lowest BCUT2D eigenvalue weighted by atomic mass is 10.1. The Kier molecular flexibility index (Phi) is 4.36. The van der Waals surface area contributed by atoms with E-state index >= 15 is 0 Å². The van der Waals surface area contributed by atoms with Crippen LogP contribution in [0.5, 0.6) is 0 Å². The molecule has 2 rings (SSSR count). The number of hydrogen-bond donors (Lipinski definition) is 1. The molecule has 0 saturated carbocycles. The lowest BCUT2D eigenvalue weighted by Gasteiger charge is -2.08. The molecule has 0 saturated heterocycles. The van der Waals surface area contributed by atoms with Crippen LogP contribution in [0, 0.1) is 0 Å². The molecule has 0 amide bonds. The predicted molar refractivity (Wildman–Crippen MR) is 75.0 cm³/mol. The van der Waals surface area contributed by atoms with E-state index < -0.39 is 0 Å². The van der Waals surface area contributed by atoms with Crippen LogP contribution in [0.25, 0.3) is 9.88 Å². The molecular weight excluding hydrogens is 266 g/mol. The molecule has 2 aromatic rings. The van der Waals surface area contributed by atoms with Crippen LogP contribution in [0.1, 0.15) is 49.9 Å². The maximum Gasteiger partial charge on any atom is 0.161 e. The molecule has 1 unspecified atom stereocenters. The van der Waals surface area contributed by atoms with Gasteiger partial charge in [-0.2, -0.15) is 0 Å². The lowest BCUT2D eigenvalue weighted by Crippen LogP contribution is -2.14. The standard InChI is InChI=1S/C11H17N5S2/c1-5-7(12-4)10-14-15-11(17-10)9-8(6(2)3)13-16-18-9/h6-7,12H,5H2,1-4H3. The predicted octanol–water partition coefficient (Wildman–Crippen LogP) is 2.85. The minimum absolute atomic E-state index is 0.277. The van der Waals surface area contributed by atoms with E-state index in [0.29, 0.717) is 5.92 Å². The molecule has 5 nitrogen and oxygen atoms in total. The van der Waals surface area contributed by atoms with Crippen LogP contribution >= 0.6 is 22.9 Å². The Labute approximate surface area is 115 Å². The van der Waals surface area contributed by atoms with Gasteiger partial charge in [0, 0.05) is 0 Å². The van der Waals surface area contributed by atoms with Gasteiger partial charge in [-0.05, 0) is 30.9 Å². The van der Waals surface area contributed by atoms with Gasteiger partial charge in [-0.15, -0.1) is 15.3 Å². The zero-order valence-electron chi connectivity index (χ0n) is 11.0. The SMILES string of the molecule is CCC(NC)c1nnc(-c2snnc2C(C)C)s1. The summed E-state index contributed by atoms with van der Waals surface area (Å²) in [5, 5.41) is 17.9. The summed E-state index contributed by atoms with van der Waals surface area (Å²) in [4.78, 5) is 1.06. The molecule has 2 aromatic heterocycles. The first kappa shape index (κ1) is 13.5. The Balaban J connectivity index is 2.32. The summed E-state index contributed by atoms with van der Waals surface area (Å²) < 4.78 is 4.03. The number of nitrogens with zero attached hydrogens (tertiary/aromatic N) is 4. The van der Waals surface area contributed by atoms with E-state index in [-0.39, 0.29) is 6.04 Å². The highest BCUT2D eigenvalue weighted by Gasteiger charge is 2.19. The van der Waals surface area contributed by atoms with Gasteiger partial charge in [-0.1, -0.05) is 36.6 Å². The molecule has 0 bridgehead atoms. The highest BCUT2D eigenvalue weighted by molar-refractivity contribution is 7.19. The monoisotopic (exact) mass is 283 g/mol. The summed E-state index contributed by atoms with van der Waals surface area (Å²) >= 11 is 3.02. The maximum absolute atomic E-state index is 4.28. The zero-order chi connectivity index (χ0) is 13.1. The Morgan fingerprint density at radius 3 is 2.61 bits per heavy atom. The average molecular weight is 283 g/mol. The zero-order valence-corrected chi connectivity index (χ0v) is 12.6. The van der Waals surface area contributed by atoms with Gasteiger partial charge in [0.25, 0.3) is 0 Å². The molecule has 0 radical (unpaired) electrons. The molecule has 98 valence electrons. The smallest absolute Gasteiger partial charge is 0.161 e. The summed E-state index contributed by atoms with van der Waals surface area (Å²) in [5.74, 6) is 0.359. The van der Waals surface area contributed by atoms with E-state index in [0.717, 1.165) is 27.0 Å². The molecule has 1 N–H and O–H groups in total. The second kappa shape index (κ2) is 5.81. The largest absolute Gasteiger partial charge is 0.311 e. The highest BCUT2D eigenvalue weighted by Crippen LogP contribution is 2.34. The van der Waals surface area contributed by atoms with E-state index in [4.69, 9.17) is 0 Å². The van der Waals surface area contributed by atoms with Gasteiger partial charge in [0.15, 0.2) is 5.01 Å². The van der Waals surface area contributed by atoms with Gasteiger partial charge in [0.2, 0.25) is 0 Å². The van der Waals surface area contributed by atoms with Crippen molar-refractivity contribution in [2.24, 2.45) is 0 Å². The van der Waals surface area contributed by atoms with Crippen molar-refractivity contribution in [2.45, 2.75) is 39.2 Å². The maximum atomic E-state index is 4.28. The van der Waals surface area contributed by atoms with Crippen molar-refractivity contribution in [3.8, 4) is 9.88 Å². The highest BCUT2D eigenvalue weighted by atomic mass is 32.1. The molecule has 1 atom stereocenters. The summed E-state index contributed by atoms with van der Waals surface area (Å²) in [6.45, 7) is 6.37. The third-order valence-corrected chi connectivity index (χ3v) is 4.68. The molecule has 0 aliphatic rings. The summed E-state index contributed by atoms with van der Waals surface area (Å²) in [5.41, 5.74) is 1.01. The van der Waals surface area contributed by atoms with E-state index in [1.165, 1.54) is 11.5 Å². The van der Waals surface area contributed by atoms with Crippen molar-refractivity contribution in [2.75, 3.05) is 7.05 Å². The third kappa shape index (κ3) is 2.57. The van der Waals surface area contributed by atoms with Crippen molar-refractivity contribution in [1.82, 2.24) is 25.1 Å². The van der Waals surface area contributed by atoms with Crippen LogP contribution in [0.4, 0.5) is 0 Å². The van der Waals surface area contributed by atoms with E-state index in [1.54, 1.807) is 11.3 Å². The Morgan fingerprint density at radius 1 is 1.22 bits per heavy atom. The molecule has 18 heavy (non-hydrogen) atoms. The molecule has 0 aromatic carbocycles. The van der Waals surface area contributed by atoms with Crippen molar-refractivity contribution >= 4 is 22.9 Å². The number of hydrogen-bond acceptors (Lipinski definition) is 7. The van der Waals surface area contributed by atoms with Crippen LogP contribution in [0.15, 0.2) is 0 Å². The number of rotatable bonds is 5. The van der Waals surface area contributed by atoms with Crippen molar-refractivity contribution in [1.29, 1.82) is 0 Å². The van der Waals surface area contributed by atoms with Crippen LogP contribution in [0.3, 0.4) is 0 Å². The molecular formula is C11H17N5S2. The van der Waals surface area contributed by atoms with Gasteiger partial charge in [0.05, 0.1) is 11.7 Å². The van der Waals surface area contributed by atoms with Crippen molar-refractivity contribution in [3.05, 3.63) is 10.7 Å². The van der Waals surface area contributed by atoms with Gasteiger partial charge < -0.3 is 5.32 Å². The van der Waals surface area contributed by atoms with Crippen molar-refractivity contribution in [3.63, 3.8) is 0 Å². The Bertz CT molecular complexity index is 501. The molecule has 0 aliphatic carbocycles. The van der Waals surface area contributed by atoms with E-state index in [2.05, 4.69) is 45.9 Å². The fourth-order valence-corrected chi connectivity index (χ4v) is 3.61. The molecule has 0 aliphatic heterocycles. The number of nitrogens with one attached hydrogen (secondary N) is 1. The van der Waals surface area contributed by atoms with Crippen LogP contribution < -0.4 is 5.32 Å². The minimum Gasteiger partial charge on any atom is -0.311 e. The summed E-state index contributed by atoms with van der Waals surface area (Å²) in [7, 11) is 1.95. The Morgan fingerprint density at radius 2 is 2.00 bits per heavy atom. The Hall–Kier alpha value is -0.920. The lowest BCUT2D eigenvalue weighted by molar-refractivity contribution is 0.568. The van der Waals surface area contributed by atoms with Crippen LogP contribution in [-0.2, 0) is 0 Å². The minimum atomic E-state index is 0.277. The first-order valence-corrected chi connectivity index (χ1v) is 7.59. The molecule has 7 heteroatoms. The second-order valence-electron chi connectivity index (χ2n) is 4.34. The fourth-order valence-electron chi connectivity index (χ4n) is 1.69. The van der Waals surface area contributed by atoms with Gasteiger partial charge in [-0.3, -0.25) is 0 Å². The quantitative estimate of drug-likeness (QED) is 0.914. The average Bonchev–Trinajstić information content (AvgIpc) is 2.98. The van der Waals surface area contributed by atoms with Gasteiger partial charge in [-0.25, -0.2) is 0 Å². The normalized spacial score (nSPS) is 13.2. The first-order valence-electron chi connectivity index (χ1n) is 6.00. The van der Waals surface area contributed by atoms with Gasteiger partial charge in [0.1, 0.15) is 9.88 Å². The van der Waals surface area contributed by atoms with E-state index in [9.17, 15) is 0 Å². The molecule has 0 spiro atoms. The van der Waals surface area contributed by atoms with Crippen molar-refractivity contribution < 1.29 is 0 Å². The third-order valence-electron chi connectivity index (χ3n) is 2.75.